The van der Waals surface area contributed by atoms with Gasteiger partial charge in [0.15, 0.2) is 5.11 Å². The third-order valence-electron chi connectivity index (χ3n) is 3.57. The summed E-state index contributed by atoms with van der Waals surface area (Å²) in [6, 6.07) is 14.9. The highest BCUT2D eigenvalue weighted by Gasteiger charge is 2.13. The molecule has 0 saturated heterocycles. The predicted octanol–water partition coefficient (Wildman–Crippen LogP) is 4.07. The molecule has 5 nitrogen and oxygen atoms in total. The smallest absolute Gasteiger partial charge is 0.261 e. The van der Waals surface area contributed by atoms with Crippen molar-refractivity contribution < 1.29 is 14.3 Å². The number of carbonyl (C=O) groups is 1. The lowest BCUT2D eigenvalue weighted by molar-refractivity contribution is 0.0972. The second-order valence-corrected chi connectivity index (χ2v) is 6.70. The summed E-state index contributed by atoms with van der Waals surface area (Å²) in [5, 5.41) is 6.01. The van der Waals surface area contributed by atoms with Crippen LogP contribution in [0.4, 0.5) is 0 Å². The number of amides is 1. The van der Waals surface area contributed by atoms with Crippen LogP contribution in [0, 0.1) is 0 Å². The minimum Gasteiger partial charge on any atom is -0.493 e. The van der Waals surface area contributed by atoms with Gasteiger partial charge in [0.2, 0.25) is 0 Å². The van der Waals surface area contributed by atoms with Gasteiger partial charge in [-0.1, -0.05) is 31.2 Å². The van der Waals surface area contributed by atoms with Crippen molar-refractivity contribution in [1.29, 1.82) is 0 Å². The van der Waals surface area contributed by atoms with E-state index in [0.29, 0.717) is 24.5 Å². The fraction of sp³-hybridized carbons (Fsp3) is 0.333. The molecule has 0 bridgehead atoms. The molecule has 0 atom stereocenters. The van der Waals surface area contributed by atoms with Crippen LogP contribution in [-0.2, 0) is 6.54 Å². The van der Waals surface area contributed by atoms with E-state index in [4.69, 9.17) is 21.7 Å². The van der Waals surface area contributed by atoms with Gasteiger partial charge >= 0.3 is 0 Å². The highest BCUT2D eigenvalue weighted by Crippen LogP contribution is 2.18. The predicted molar refractivity (Wildman–Crippen MR) is 111 cm³/mol. The highest BCUT2D eigenvalue weighted by atomic mass is 32.1. The number of hydrogen-bond acceptors (Lipinski definition) is 4. The molecule has 2 aromatic carbocycles. The number of hydrogen-bond donors (Lipinski definition) is 2. The SMILES string of the molecule is CCCOc1ccccc1C(=O)NC(=S)NCc1ccc(OC(C)C)cc1. The van der Waals surface area contributed by atoms with E-state index in [-0.39, 0.29) is 17.1 Å². The number of nitrogens with one attached hydrogen (secondary N) is 2. The minimum atomic E-state index is -0.292. The molecule has 0 aliphatic heterocycles. The summed E-state index contributed by atoms with van der Waals surface area (Å²) in [5.74, 6) is 1.09. The van der Waals surface area contributed by atoms with E-state index in [0.717, 1.165) is 17.7 Å². The van der Waals surface area contributed by atoms with Crippen LogP contribution in [0.2, 0.25) is 0 Å². The zero-order chi connectivity index (χ0) is 19.6. The zero-order valence-corrected chi connectivity index (χ0v) is 16.8. The van der Waals surface area contributed by atoms with E-state index in [1.807, 2.05) is 51.1 Å². The van der Waals surface area contributed by atoms with Crippen LogP contribution in [0.3, 0.4) is 0 Å². The van der Waals surface area contributed by atoms with Crippen LogP contribution >= 0.6 is 12.2 Å². The van der Waals surface area contributed by atoms with Crippen molar-refractivity contribution in [1.82, 2.24) is 10.6 Å². The first-order valence-corrected chi connectivity index (χ1v) is 9.47. The molecule has 0 spiro atoms. The van der Waals surface area contributed by atoms with E-state index in [1.165, 1.54) is 0 Å². The molecule has 0 fully saturated rings. The van der Waals surface area contributed by atoms with Crippen LogP contribution in [0.1, 0.15) is 43.1 Å². The van der Waals surface area contributed by atoms with Gasteiger partial charge in [0.05, 0.1) is 18.3 Å². The van der Waals surface area contributed by atoms with E-state index in [1.54, 1.807) is 18.2 Å². The quantitative estimate of drug-likeness (QED) is 0.670. The largest absolute Gasteiger partial charge is 0.493 e. The Labute approximate surface area is 166 Å². The van der Waals surface area contributed by atoms with E-state index >= 15 is 0 Å². The first kappa shape index (κ1) is 20.7. The second kappa shape index (κ2) is 10.5. The fourth-order valence-electron chi connectivity index (χ4n) is 2.35. The summed E-state index contributed by atoms with van der Waals surface area (Å²) >= 11 is 5.23. The maximum atomic E-state index is 12.5. The average molecular weight is 387 g/mol. The summed E-state index contributed by atoms with van der Waals surface area (Å²) in [4.78, 5) is 12.5. The van der Waals surface area contributed by atoms with Crippen LogP contribution in [0.5, 0.6) is 11.5 Å². The molecule has 0 aliphatic rings. The van der Waals surface area contributed by atoms with Crippen LogP contribution in [-0.4, -0.2) is 23.7 Å². The van der Waals surface area contributed by atoms with Crippen molar-refractivity contribution >= 4 is 23.2 Å². The summed E-state index contributed by atoms with van der Waals surface area (Å²) in [6.45, 7) is 7.06. The van der Waals surface area contributed by atoms with Gasteiger partial charge in [0.25, 0.3) is 5.91 Å². The Bertz CT molecular complexity index is 760. The Hall–Kier alpha value is -2.60. The Kier molecular flexibility index (Phi) is 8.07. The Morgan fingerprint density at radius 3 is 2.48 bits per heavy atom. The molecule has 1 amide bonds. The van der Waals surface area contributed by atoms with Gasteiger partial charge < -0.3 is 14.8 Å². The molecule has 144 valence electrons. The fourth-order valence-corrected chi connectivity index (χ4v) is 2.51. The average Bonchev–Trinajstić information content (AvgIpc) is 2.65. The summed E-state index contributed by atoms with van der Waals surface area (Å²) < 4.78 is 11.2. The van der Waals surface area contributed by atoms with Gasteiger partial charge in [-0.05, 0) is 62.3 Å². The van der Waals surface area contributed by atoms with Crippen LogP contribution in [0.25, 0.3) is 0 Å². The van der Waals surface area contributed by atoms with Gasteiger partial charge in [-0.3, -0.25) is 10.1 Å². The molecular formula is C21H26N2O3S. The Morgan fingerprint density at radius 2 is 1.81 bits per heavy atom. The van der Waals surface area contributed by atoms with Crippen LogP contribution < -0.4 is 20.1 Å². The molecule has 2 aromatic rings. The molecule has 0 saturated carbocycles. The van der Waals surface area contributed by atoms with Gasteiger partial charge in [-0.15, -0.1) is 0 Å². The zero-order valence-electron chi connectivity index (χ0n) is 16.0. The molecule has 0 aromatic heterocycles. The topological polar surface area (TPSA) is 59.6 Å². The lowest BCUT2D eigenvalue weighted by atomic mass is 10.2. The molecule has 0 aliphatic carbocycles. The van der Waals surface area contributed by atoms with Crippen molar-refractivity contribution in [2.45, 2.75) is 39.8 Å². The third kappa shape index (κ3) is 6.90. The lowest BCUT2D eigenvalue weighted by Crippen LogP contribution is -2.39. The number of thiocarbonyl (C=S) groups is 1. The van der Waals surface area contributed by atoms with Gasteiger partial charge in [0, 0.05) is 6.54 Å². The van der Waals surface area contributed by atoms with Crippen molar-refractivity contribution in [2.75, 3.05) is 6.61 Å². The number of carbonyl (C=O) groups excluding carboxylic acids is 1. The number of ether oxygens (including phenoxy) is 2. The maximum Gasteiger partial charge on any atom is 0.261 e. The second-order valence-electron chi connectivity index (χ2n) is 6.29. The highest BCUT2D eigenvalue weighted by molar-refractivity contribution is 7.80. The van der Waals surface area contributed by atoms with Gasteiger partial charge in [0.1, 0.15) is 11.5 Å². The summed E-state index contributed by atoms with van der Waals surface area (Å²) in [7, 11) is 0. The number of para-hydroxylation sites is 1. The van der Waals surface area contributed by atoms with Gasteiger partial charge in [-0.25, -0.2) is 0 Å². The Morgan fingerprint density at radius 1 is 1.11 bits per heavy atom. The summed E-state index contributed by atoms with van der Waals surface area (Å²) in [6.07, 6.45) is 1.01. The van der Waals surface area contributed by atoms with E-state index in [9.17, 15) is 4.79 Å². The maximum absolute atomic E-state index is 12.5. The monoisotopic (exact) mass is 386 g/mol. The van der Waals surface area contributed by atoms with Gasteiger partial charge in [-0.2, -0.15) is 0 Å². The molecule has 2 rings (SSSR count). The molecule has 0 heterocycles. The van der Waals surface area contributed by atoms with E-state index < -0.39 is 0 Å². The first-order chi connectivity index (χ1) is 13.0. The molecule has 0 unspecified atom stereocenters. The molecule has 27 heavy (non-hydrogen) atoms. The third-order valence-corrected chi connectivity index (χ3v) is 3.82. The minimum absolute atomic E-state index is 0.140. The van der Waals surface area contributed by atoms with E-state index in [2.05, 4.69) is 10.6 Å². The van der Waals surface area contributed by atoms with Crippen molar-refractivity contribution in [3.8, 4) is 11.5 Å². The Balaban J connectivity index is 1.87. The lowest BCUT2D eigenvalue weighted by Gasteiger charge is -2.13. The summed E-state index contributed by atoms with van der Waals surface area (Å²) in [5.41, 5.74) is 1.50. The molecular weight excluding hydrogens is 360 g/mol. The first-order valence-electron chi connectivity index (χ1n) is 9.06. The molecule has 6 heteroatoms. The number of rotatable bonds is 8. The molecule has 0 radical (unpaired) electrons. The van der Waals surface area contributed by atoms with Crippen molar-refractivity contribution in [3.63, 3.8) is 0 Å². The van der Waals surface area contributed by atoms with Crippen molar-refractivity contribution in [3.05, 3.63) is 59.7 Å². The normalized spacial score (nSPS) is 10.4. The van der Waals surface area contributed by atoms with Crippen LogP contribution in [0.15, 0.2) is 48.5 Å². The standard InChI is InChI=1S/C21H26N2O3S/c1-4-13-25-19-8-6-5-7-18(19)20(24)23-21(27)22-14-16-9-11-17(12-10-16)26-15(2)3/h5-12,15H,4,13-14H2,1-3H3,(H2,22,23,24,27). The number of benzene rings is 2. The molecule has 2 N–H and O–H groups in total. The van der Waals surface area contributed by atoms with Crippen molar-refractivity contribution in [2.24, 2.45) is 0 Å².